The minimum atomic E-state index is -0.0378. The second-order valence-electron chi connectivity index (χ2n) is 5.73. The Morgan fingerprint density at radius 3 is 2.27 bits per heavy atom. The van der Waals surface area contributed by atoms with Crippen LogP contribution in [-0.4, -0.2) is 36.6 Å². The molecule has 0 aliphatic rings. The van der Waals surface area contributed by atoms with Crippen LogP contribution >= 0.6 is 0 Å². The Kier molecular flexibility index (Phi) is 9.79. The first-order valence-electron chi connectivity index (χ1n) is 7.85. The van der Waals surface area contributed by atoms with Gasteiger partial charge in [0.15, 0.2) is 0 Å². The molecule has 4 heteroatoms. The molecule has 0 saturated carbocycles. The number of hydrogen-bond acceptors (Lipinski definition) is 1. The molecule has 0 aliphatic heterocycles. The van der Waals surface area contributed by atoms with Crippen molar-refractivity contribution in [1.82, 2.24) is 5.32 Å². The fourth-order valence-corrected chi connectivity index (χ4v) is 2.58. The van der Waals surface area contributed by atoms with Crippen LogP contribution in [0, 0.1) is 0 Å². The topological polar surface area (TPSA) is 29.1 Å². The lowest BCUT2D eigenvalue weighted by Crippen LogP contribution is -3.00. The van der Waals surface area contributed by atoms with Gasteiger partial charge in [0.2, 0.25) is 5.91 Å². The first kappa shape index (κ1) is 20.7. The molecule has 0 unspecified atom stereocenters. The second kappa shape index (κ2) is 10.4. The average molecular weight is 325 g/mol. The van der Waals surface area contributed by atoms with Crippen molar-refractivity contribution in [2.75, 3.05) is 26.2 Å². The van der Waals surface area contributed by atoms with E-state index in [1.54, 1.807) is 6.92 Å². The zero-order chi connectivity index (χ0) is 15.7. The molecule has 1 aromatic carbocycles. The lowest BCUT2D eigenvalue weighted by Gasteiger charge is -2.37. The van der Waals surface area contributed by atoms with Crippen molar-refractivity contribution >= 4 is 5.91 Å². The Bertz CT molecular complexity index is 455. The number of amides is 1. The van der Waals surface area contributed by atoms with E-state index < -0.39 is 0 Å². The Labute approximate surface area is 141 Å². The van der Waals surface area contributed by atoms with Crippen molar-refractivity contribution in [3.8, 4) is 0 Å². The third-order valence-electron chi connectivity index (χ3n) is 4.18. The summed E-state index contributed by atoms with van der Waals surface area (Å²) in [4.78, 5) is 11.5. The molecule has 1 aromatic rings. The molecule has 1 N–H and O–H groups in total. The van der Waals surface area contributed by atoms with Gasteiger partial charge in [-0.3, -0.25) is 4.79 Å². The summed E-state index contributed by atoms with van der Waals surface area (Å²) in [5.74, 6) is -0.0378. The van der Waals surface area contributed by atoms with Crippen molar-refractivity contribution in [2.45, 2.75) is 33.7 Å². The lowest BCUT2D eigenvalue weighted by molar-refractivity contribution is -0.937. The molecule has 0 radical (unpaired) electrons. The number of quaternary nitrogens is 1. The smallest absolute Gasteiger partial charge is 0.246 e. The molecule has 0 aromatic heterocycles. The molecule has 124 valence electrons. The molecule has 0 aliphatic carbocycles. The van der Waals surface area contributed by atoms with Crippen LogP contribution in [0.4, 0.5) is 0 Å². The first-order valence-corrected chi connectivity index (χ1v) is 7.85. The molecule has 0 fully saturated rings. The highest BCUT2D eigenvalue weighted by Gasteiger charge is 2.23. The minimum absolute atomic E-state index is 0. The molecular formula is C18H29ClN2O. The third-order valence-corrected chi connectivity index (χ3v) is 4.18. The van der Waals surface area contributed by atoms with Crippen LogP contribution in [0.2, 0.25) is 0 Å². The van der Waals surface area contributed by atoms with E-state index in [9.17, 15) is 4.79 Å². The zero-order valence-corrected chi connectivity index (χ0v) is 14.8. The van der Waals surface area contributed by atoms with E-state index in [1.807, 2.05) is 0 Å². The maximum absolute atomic E-state index is 11.5. The van der Waals surface area contributed by atoms with E-state index in [1.165, 1.54) is 5.56 Å². The van der Waals surface area contributed by atoms with E-state index in [4.69, 9.17) is 0 Å². The van der Waals surface area contributed by atoms with Crippen LogP contribution in [0.5, 0.6) is 0 Å². The zero-order valence-electron chi connectivity index (χ0n) is 14.1. The maximum Gasteiger partial charge on any atom is 0.246 e. The summed E-state index contributed by atoms with van der Waals surface area (Å²) >= 11 is 0. The number of rotatable bonds is 9. The van der Waals surface area contributed by atoms with E-state index in [0.717, 1.165) is 43.6 Å². The van der Waals surface area contributed by atoms with Gasteiger partial charge in [-0.15, -0.1) is 0 Å². The number of halogens is 1. The van der Waals surface area contributed by atoms with E-state index >= 15 is 0 Å². The van der Waals surface area contributed by atoms with E-state index in [2.05, 4.69) is 56.1 Å². The summed E-state index contributed by atoms with van der Waals surface area (Å²) in [5.41, 5.74) is 1.96. The predicted molar refractivity (Wildman–Crippen MR) is 88.8 cm³/mol. The minimum Gasteiger partial charge on any atom is -1.00 e. The maximum atomic E-state index is 11.5. The van der Waals surface area contributed by atoms with Crippen molar-refractivity contribution in [3.05, 3.63) is 48.0 Å². The van der Waals surface area contributed by atoms with Gasteiger partial charge in [0.25, 0.3) is 0 Å². The molecule has 0 saturated heterocycles. The molecule has 0 spiro atoms. The molecule has 0 atom stereocenters. The van der Waals surface area contributed by atoms with Crippen molar-refractivity contribution < 1.29 is 21.7 Å². The summed E-state index contributed by atoms with van der Waals surface area (Å²) in [6.07, 6.45) is 0.994. The molecule has 0 heterocycles. The Morgan fingerprint density at radius 2 is 1.77 bits per heavy atom. The number of hydrogen-bond donors (Lipinski definition) is 1. The number of carbonyl (C=O) groups is 1. The molecule has 0 bridgehead atoms. The van der Waals surface area contributed by atoms with Crippen molar-refractivity contribution in [1.29, 1.82) is 0 Å². The molecular weight excluding hydrogens is 296 g/mol. The Morgan fingerprint density at radius 1 is 1.18 bits per heavy atom. The lowest BCUT2D eigenvalue weighted by atomic mass is 10.1. The number of nitrogens with zero attached hydrogens (tertiary/aromatic N) is 1. The predicted octanol–water partition coefficient (Wildman–Crippen LogP) is 0.130. The van der Waals surface area contributed by atoms with Gasteiger partial charge in [0.05, 0.1) is 19.6 Å². The van der Waals surface area contributed by atoms with Gasteiger partial charge in [-0.05, 0) is 20.8 Å². The summed E-state index contributed by atoms with van der Waals surface area (Å²) < 4.78 is 1.06. The fourth-order valence-electron chi connectivity index (χ4n) is 2.58. The van der Waals surface area contributed by atoms with Crippen LogP contribution in [0.25, 0.3) is 0 Å². The quantitative estimate of drug-likeness (QED) is 0.390. The number of nitrogens with one attached hydrogen (secondary N) is 1. The normalized spacial score (nSPS) is 10.7. The molecule has 22 heavy (non-hydrogen) atoms. The highest BCUT2D eigenvalue weighted by Crippen LogP contribution is 2.15. The fraction of sp³-hybridized carbons (Fsp3) is 0.500. The van der Waals surface area contributed by atoms with Gasteiger partial charge in [-0.1, -0.05) is 36.9 Å². The number of benzene rings is 1. The SMILES string of the molecule is C=C(C)C(=O)NCCC[N+](CC)(CC)Cc1ccccc1.[Cl-]. The Balaban J connectivity index is 0.00000441. The van der Waals surface area contributed by atoms with Crippen molar-refractivity contribution in [3.63, 3.8) is 0 Å². The summed E-state index contributed by atoms with van der Waals surface area (Å²) in [7, 11) is 0. The van der Waals surface area contributed by atoms with Crippen LogP contribution in [0.3, 0.4) is 0 Å². The molecule has 3 nitrogen and oxygen atoms in total. The first-order chi connectivity index (χ1) is 10.0. The van der Waals surface area contributed by atoms with Crippen LogP contribution in [0.15, 0.2) is 42.5 Å². The largest absolute Gasteiger partial charge is 1.00 e. The standard InChI is InChI=1S/C18H28N2O.ClH/c1-5-20(6-2,15-17-11-8-7-9-12-17)14-10-13-19-18(21)16(3)4;/h7-9,11-12H,3,5-6,10,13-15H2,1-2,4H3;1H. The molecule has 1 rings (SSSR count). The van der Waals surface area contributed by atoms with E-state index in [0.29, 0.717) is 5.57 Å². The highest BCUT2D eigenvalue weighted by atomic mass is 35.5. The van der Waals surface area contributed by atoms with Crippen LogP contribution in [0.1, 0.15) is 32.8 Å². The Hall–Kier alpha value is -1.32. The van der Waals surface area contributed by atoms with Gasteiger partial charge >= 0.3 is 0 Å². The van der Waals surface area contributed by atoms with Gasteiger partial charge in [-0.2, -0.15) is 0 Å². The van der Waals surface area contributed by atoms with Crippen molar-refractivity contribution in [2.24, 2.45) is 0 Å². The van der Waals surface area contributed by atoms with Gasteiger partial charge in [-0.25, -0.2) is 0 Å². The number of carbonyl (C=O) groups excluding carboxylic acids is 1. The summed E-state index contributed by atoms with van der Waals surface area (Å²) in [5, 5.41) is 2.92. The van der Waals surface area contributed by atoms with Crippen LogP contribution < -0.4 is 17.7 Å². The second-order valence-corrected chi connectivity index (χ2v) is 5.73. The molecule has 1 amide bonds. The van der Waals surface area contributed by atoms with Gasteiger partial charge in [0.1, 0.15) is 6.54 Å². The summed E-state index contributed by atoms with van der Waals surface area (Å²) in [6, 6.07) is 10.6. The van der Waals surface area contributed by atoms with Crippen LogP contribution in [-0.2, 0) is 11.3 Å². The summed E-state index contributed by atoms with van der Waals surface area (Å²) in [6.45, 7) is 15.0. The average Bonchev–Trinajstić information content (AvgIpc) is 2.51. The van der Waals surface area contributed by atoms with Gasteiger partial charge in [0, 0.05) is 24.1 Å². The highest BCUT2D eigenvalue weighted by molar-refractivity contribution is 5.91. The van der Waals surface area contributed by atoms with Gasteiger partial charge < -0.3 is 22.2 Å². The van der Waals surface area contributed by atoms with E-state index in [-0.39, 0.29) is 18.3 Å². The monoisotopic (exact) mass is 324 g/mol. The third kappa shape index (κ3) is 6.63.